The van der Waals surface area contributed by atoms with Gasteiger partial charge in [-0.1, -0.05) is 18.2 Å². The van der Waals surface area contributed by atoms with Crippen molar-refractivity contribution in [2.45, 2.75) is 31.8 Å². The predicted molar refractivity (Wildman–Crippen MR) is 84.1 cm³/mol. The number of carbonyl (C=O) groups excluding carboxylic acids is 2. The first-order valence-corrected chi connectivity index (χ1v) is 8.13. The minimum absolute atomic E-state index is 0.00837. The first-order valence-electron chi connectivity index (χ1n) is 8.13. The molecule has 2 saturated heterocycles. The molecule has 0 bridgehead atoms. The molecule has 0 radical (unpaired) electrons. The van der Waals surface area contributed by atoms with Crippen LogP contribution >= 0.6 is 0 Å². The average Bonchev–Trinajstić information content (AvgIpc) is 3.01. The van der Waals surface area contributed by atoms with E-state index in [4.69, 9.17) is 0 Å². The molecule has 0 saturated carbocycles. The number of amides is 2. The summed E-state index contributed by atoms with van der Waals surface area (Å²) >= 11 is 0. The van der Waals surface area contributed by atoms with E-state index in [2.05, 4.69) is 10.2 Å². The number of rotatable bonds is 3. The molecule has 0 aliphatic carbocycles. The molecule has 0 spiro atoms. The molecule has 0 aromatic heterocycles. The molecule has 2 heterocycles. The molecule has 124 valence electrons. The number of hydrogen-bond donors (Lipinski definition) is 1. The molecule has 23 heavy (non-hydrogen) atoms. The quantitative estimate of drug-likeness (QED) is 0.914. The summed E-state index contributed by atoms with van der Waals surface area (Å²) in [6, 6.07) is 6.45. The third-order valence-corrected chi connectivity index (χ3v) is 4.82. The van der Waals surface area contributed by atoms with Crippen molar-refractivity contribution in [1.29, 1.82) is 0 Å². The second-order valence-electron chi connectivity index (χ2n) is 6.22. The van der Waals surface area contributed by atoms with Gasteiger partial charge in [0.05, 0.1) is 0 Å². The molecule has 2 atom stereocenters. The highest BCUT2D eigenvalue weighted by Crippen LogP contribution is 2.24. The van der Waals surface area contributed by atoms with Gasteiger partial charge in [0.25, 0.3) is 0 Å². The maximum atomic E-state index is 13.9. The Morgan fingerprint density at radius 3 is 2.57 bits per heavy atom. The molecule has 5 nitrogen and oxygen atoms in total. The summed E-state index contributed by atoms with van der Waals surface area (Å²) in [5, 5.41) is 2.72. The fourth-order valence-corrected chi connectivity index (χ4v) is 3.36. The Labute approximate surface area is 135 Å². The maximum Gasteiger partial charge on any atom is 0.245 e. The largest absolute Gasteiger partial charge is 0.344 e. The number of hydrogen-bond acceptors (Lipinski definition) is 3. The zero-order chi connectivity index (χ0) is 16.4. The Morgan fingerprint density at radius 2 is 1.96 bits per heavy atom. The molecule has 1 N–H and O–H groups in total. The van der Waals surface area contributed by atoms with Gasteiger partial charge in [-0.3, -0.25) is 14.5 Å². The van der Waals surface area contributed by atoms with Crippen LogP contribution in [0, 0.1) is 5.82 Å². The molecule has 6 heteroatoms. The first kappa shape index (κ1) is 15.9. The van der Waals surface area contributed by atoms with Crippen LogP contribution < -0.4 is 5.32 Å². The fourth-order valence-electron chi connectivity index (χ4n) is 3.36. The SMILES string of the molecule is CC(c1ccccc1F)N1CCN(C(=O)C2CCC(=O)N2)CC1. The van der Waals surface area contributed by atoms with E-state index in [0.29, 0.717) is 44.6 Å². The number of carbonyl (C=O) groups is 2. The van der Waals surface area contributed by atoms with Gasteiger partial charge in [-0.25, -0.2) is 4.39 Å². The van der Waals surface area contributed by atoms with E-state index < -0.39 is 0 Å². The zero-order valence-electron chi connectivity index (χ0n) is 13.3. The van der Waals surface area contributed by atoms with Gasteiger partial charge in [-0.2, -0.15) is 0 Å². The third-order valence-electron chi connectivity index (χ3n) is 4.82. The number of nitrogens with one attached hydrogen (secondary N) is 1. The van der Waals surface area contributed by atoms with Crippen molar-refractivity contribution in [3.8, 4) is 0 Å². The summed E-state index contributed by atoms with van der Waals surface area (Å²) < 4.78 is 13.9. The maximum absolute atomic E-state index is 13.9. The van der Waals surface area contributed by atoms with E-state index in [1.165, 1.54) is 6.07 Å². The molecule has 3 rings (SSSR count). The van der Waals surface area contributed by atoms with Crippen LogP contribution in [-0.2, 0) is 9.59 Å². The molecular formula is C17H22FN3O2. The lowest BCUT2D eigenvalue weighted by atomic mass is 10.1. The van der Waals surface area contributed by atoms with Crippen LogP contribution in [-0.4, -0.2) is 53.8 Å². The van der Waals surface area contributed by atoms with E-state index in [-0.39, 0.29) is 29.7 Å². The number of benzene rings is 1. The molecule has 1 aromatic rings. The Kier molecular flexibility index (Phi) is 4.61. The molecule has 2 amide bonds. The van der Waals surface area contributed by atoms with Crippen LogP contribution in [0.3, 0.4) is 0 Å². The van der Waals surface area contributed by atoms with Gasteiger partial charge < -0.3 is 10.2 Å². The smallest absolute Gasteiger partial charge is 0.245 e. The first-order chi connectivity index (χ1) is 11.1. The number of halogens is 1. The average molecular weight is 319 g/mol. The van der Waals surface area contributed by atoms with Gasteiger partial charge in [0.15, 0.2) is 0 Å². The van der Waals surface area contributed by atoms with Crippen molar-refractivity contribution < 1.29 is 14.0 Å². The van der Waals surface area contributed by atoms with Gasteiger partial charge in [0.1, 0.15) is 11.9 Å². The van der Waals surface area contributed by atoms with Crippen LogP contribution in [0.2, 0.25) is 0 Å². The lowest BCUT2D eigenvalue weighted by molar-refractivity contribution is -0.136. The highest BCUT2D eigenvalue weighted by atomic mass is 19.1. The highest BCUT2D eigenvalue weighted by Gasteiger charge is 2.33. The summed E-state index contributed by atoms with van der Waals surface area (Å²) in [4.78, 5) is 27.6. The van der Waals surface area contributed by atoms with Crippen LogP contribution in [0.25, 0.3) is 0 Å². The standard InChI is InChI=1S/C17H22FN3O2/c1-12(13-4-2-3-5-14(13)18)20-8-10-21(11-9-20)17(23)15-6-7-16(22)19-15/h2-5,12,15H,6-11H2,1H3,(H,19,22). The van der Waals surface area contributed by atoms with Crippen molar-refractivity contribution in [3.63, 3.8) is 0 Å². The zero-order valence-corrected chi connectivity index (χ0v) is 13.3. The normalized spacial score (nSPS) is 23.7. The Bertz CT molecular complexity index is 599. The minimum Gasteiger partial charge on any atom is -0.344 e. The van der Waals surface area contributed by atoms with Crippen molar-refractivity contribution in [2.75, 3.05) is 26.2 Å². The van der Waals surface area contributed by atoms with Crippen molar-refractivity contribution in [2.24, 2.45) is 0 Å². The lowest BCUT2D eigenvalue weighted by Crippen LogP contribution is -2.53. The molecule has 1 aromatic carbocycles. The topological polar surface area (TPSA) is 52.7 Å². The second-order valence-corrected chi connectivity index (χ2v) is 6.22. The van der Waals surface area contributed by atoms with Crippen LogP contribution in [0.4, 0.5) is 4.39 Å². The second kappa shape index (κ2) is 6.66. The summed E-state index contributed by atoms with van der Waals surface area (Å²) in [6.07, 6.45) is 1.02. The van der Waals surface area contributed by atoms with Crippen molar-refractivity contribution in [3.05, 3.63) is 35.6 Å². The van der Waals surface area contributed by atoms with E-state index >= 15 is 0 Å². The van der Waals surface area contributed by atoms with Gasteiger partial charge >= 0.3 is 0 Å². The minimum atomic E-state index is -0.363. The highest BCUT2D eigenvalue weighted by molar-refractivity contribution is 5.90. The van der Waals surface area contributed by atoms with Crippen molar-refractivity contribution >= 4 is 11.8 Å². The van der Waals surface area contributed by atoms with E-state index in [1.807, 2.05) is 19.1 Å². The van der Waals surface area contributed by atoms with Gasteiger partial charge in [0.2, 0.25) is 11.8 Å². The van der Waals surface area contributed by atoms with Gasteiger partial charge in [-0.15, -0.1) is 0 Å². The van der Waals surface area contributed by atoms with E-state index in [1.54, 1.807) is 11.0 Å². The Morgan fingerprint density at radius 1 is 1.26 bits per heavy atom. The number of piperazine rings is 1. The monoisotopic (exact) mass is 319 g/mol. The summed E-state index contributed by atoms with van der Waals surface area (Å²) in [6.45, 7) is 4.64. The molecular weight excluding hydrogens is 297 g/mol. The molecule has 2 unspecified atom stereocenters. The Balaban J connectivity index is 1.57. The summed E-state index contributed by atoms with van der Waals surface area (Å²) in [5.41, 5.74) is 0.690. The van der Waals surface area contributed by atoms with Crippen molar-refractivity contribution in [1.82, 2.24) is 15.1 Å². The Hall–Kier alpha value is -1.95. The van der Waals surface area contributed by atoms with Crippen LogP contribution in [0.5, 0.6) is 0 Å². The molecule has 2 aliphatic rings. The van der Waals surface area contributed by atoms with Crippen LogP contribution in [0.1, 0.15) is 31.4 Å². The van der Waals surface area contributed by atoms with E-state index in [9.17, 15) is 14.0 Å². The van der Waals surface area contributed by atoms with E-state index in [0.717, 1.165) is 0 Å². The summed E-state index contributed by atoms with van der Waals surface area (Å²) in [7, 11) is 0. The fraction of sp³-hybridized carbons (Fsp3) is 0.529. The number of nitrogens with zero attached hydrogens (tertiary/aromatic N) is 2. The van der Waals surface area contributed by atoms with Gasteiger partial charge in [0, 0.05) is 44.2 Å². The van der Waals surface area contributed by atoms with Gasteiger partial charge in [-0.05, 0) is 19.4 Å². The lowest BCUT2D eigenvalue weighted by Gasteiger charge is -2.39. The molecule has 2 fully saturated rings. The third kappa shape index (κ3) is 3.37. The predicted octanol–water partition coefficient (Wildman–Crippen LogP) is 1.31. The summed E-state index contributed by atoms with van der Waals surface area (Å²) in [5.74, 6) is -0.226. The van der Waals surface area contributed by atoms with Crippen LogP contribution in [0.15, 0.2) is 24.3 Å². The molecule has 2 aliphatic heterocycles.